The van der Waals surface area contributed by atoms with E-state index in [1.165, 1.54) is 6.07 Å². The molecule has 2 amide bonds. The first-order valence-corrected chi connectivity index (χ1v) is 15.6. The topological polar surface area (TPSA) is 90.9 Å². The first-order chi connectivity index (χ1) is 20.9. The standard InChI is InChI=1S/C35H38BrN3O4/c1-3-18-37-27(21-38-34(41)29-9-5-7-11-32(29)40)20-25-13-12-23-8-4-6-10-31(23)39(35(25)42)22-30-28-16-15-26(36)19-24(28)14-17-33(30)43-2/h4-11,14-17,19,25,27,37,40H,3,12-13,18,20-22H2,1-2H3,(H,38,41)/t25-,27?/m0/s1. The molecule has 4 aromatic rings. The second kappa shape index (κ2) is 14.1. The first kappa shape index (κ1) is 30.6. The number of hydrogen-bond acceptors (Lipinski definition) is 5. The van der Waals surface area contributed by atoms with Crippen molar-refractivity contribution in [1.29, 1.82) is 0 Å². The summed E-state index contributed by atoms with van der Waals surface area (Å²) in [6.07, 6.45) is 3.00. The predicted molar refractivity (Wildman–Crippen MR) is 175 cm³/mol. The fourth-order valence-corrected chi connectivity index (χ4v) is 6.30. The Bertz CT molecular complexity index is 1610. The minimum absolute atomic E-state index is 0.0540. The van der Waals surface area contributed by atoms with E-state index in [-0.39, 0.29) is 35.1 Å². The number of nitrogens with zero attached hydrogens (tertiary/aromatic N) is 1. The number of halogens is 1. The van der Waals surface area contributed by atoms with E-state index in [1.54, 1.807) is 25.3 Å². The van der Waals surface area contributed by atoms with Gasteiger partial charge < -0.3 is 25.4 Å². The lowest BCUT2D eigenvalue weighted by molar-refractivity contribution is -0.123. The molecule has 1 aliphatic rings. The molecule has 0 bridgehead atoms. The third-order valence-electron chi connectivity index (χ3n) is 8.16. The number of para-hydroxylation sites is 2. The Labute approximate surface area is 261 Å². The number of phenolic OH excluding ortho intramolecular Hbond substituents is 1. The number of ether oxygens (including phenoxy) is 1. The molecule has 2 atom stereocenters. The molecule has 7 nitrogen and oxygen atoms in total. The minimum Gasteiger partial charge on any atom is -0.507 e. The van der Waals surface area contributed by atoms with Gasteiger partial charge >= 0.3 is 0 Å². The van der Waals surface area contributed by atoms with Gasteiger partial charge in [-0.05, 0) is 85.0 Å². The van der Waals surface area contributed by atoms with E-state index < -0.39 is 0 Å². The van der Waals surface area contributed by atoms with Gasteiger partial charge in [-0.15, -0.1) is 0 Å². The Morgan fingerprint density at radius 3 is 2.67 bits per heavy atom. The number of benzene rings is 4. The smallest absolute Gasteiger partial charge is 0.255 e. The van der Waals surface area contributed by atoms with Crippen molar-refractivity contribution in [2.75, 3.05) is 25.1 Å². The zero-order valence-electron chi connectivity index (χ0n) is 24.6. The molecule has 1 aliphatic heterocycles. The van der Waals surface area contributed by atoms with Crippen molar-refractivity contribution in [2.45, 2.75) is 45.2 Å². The summed E-state index contributed by atoms with van der Waals surface area (Å²) in [6, 6.07) is 24.7. The number of carbonyl (C=O) groups is 2. The summed E-state index contributed by atoms with van der Waals surface area (Å²) in [6.45, 7) is 3.59. The summed E-state index contributed by atoms with van der Waals surface area (Å²) < 4.78 is 6.79. The summed E-state index contributed by atoms with van der Waals surface area (Å²) in [5.41, 5.74) is 3.27. The molecule has 3 N–H and O–H groups in total. The molecule has 224 valence electrons. The van der Waals surface area contributed by atoms with E-state index >= 15 is 0 Å². The highest BCUT2D eigenvalue weighted by Gasteiger charge is 2.33. The number of hydrogen-bond donors (Lipinski definition) is 3. The summed E-state index contributed by atoms with van der Waals surface area (Å²) in [5, 5.41) is 18.8. The zero-order chi connectivity index (χ0) is 30.3. The Hall–Kier alpha value is -3.88. The molecule has 43 heavy (non-hydrogen) atoms. The molecule has 5 rings (SSSR count). The van der Waals surface area contributed by atoms with Crippen molar-refractivity contribution in [3.05, 3.63) is 100 Å². The number of phenols is 1. The average Bonchev–Trinajstić information content (AvgIpc) is 3.14. The van der Waals surface area contributed by atoms with E-state index in [1.807, 2.05) is 41.3 Å². The third kappa shape index (κ3) is 7.03. The molecule has 0 radical (unpaired) electrons. The number of anilines is 1. The SMILES string of the molecule is CCCNC(CNC(=O)c1ccccc1O)C[C@@H]1CCc2ccccc2N(Cc2c(OC)ccc3cc(Br)ccc23)C1=O. The van der Waals surface area contributed by atoms with Gasteiger partial charge in [0, 0.05) is 34.2 Å². The average molecular weight is 645 g/mol. The van der Waals surface area contributed by atoms with Gasteiger partial charge in [-0.25, -0.2) is 0 Å². The number of rotatable bonds is 11. The fraction of sp³-hybridized carbons (Fsp3) is 0.314. The van der Waals surface area contributed by atoms with Crippen LogP contribution in [0.5, 0.6) is 11.5 Å². The van der Waals surface area contributed by atoms with Crippen molar-refractivity contribution in [3.63, 3.8) is 0 Å². The molecule has 0 spiro atoms. The molecule has 0 saturated carbocycles. The molecular formula is C35H38BrN3O4. The third-order valence-corrected chi connectivity index (χ3v) is 8.65. The number of aromatic hydroxyl groups is 1. The Kier molecular flexibility index (Phi) is 10.00. The first-order valence-electron chi connectivity index (χ1n) is 14.8. The molecule has 0 saturated heterocycles. The van der Waals surface area contributed by atoms with Crippen LogP contribution >= 0.6 is 15.9 Å². The second-order valence-corrected chi connectivity index (χ2v) is 11.9. The van der Waals surface area contributed by atoms with Crippen molar-refractivity contribution >= 4 is 44.2 Å². The Morgan fingerprint density at radius 1 is 1.09 bits per heavy atom. The fourth-order valence-electron chi connectivity index (χ4n) is 5.92. The van der Waals surface area contributed by atoms with Gasteiger partial charge in [0.1, 0.15) is 11.5 Å². The van der Waals surface area contributed by atoms with Crippen molar-refractivity contribution in [3.8, 4) is 11.5 Å². The van der Waals surface area contributed by atoms with E-state index in [4.69, 9.17) is 4.74 Å². The van der Waals surface area contributed by atoms with Crippen LogP contribution in [0.3, 0.4) is 0 Å². The second-order valence-electron chi connectivity index (χ2n) is 11.0. The monoisotopic (exact) mass is 643 g/mol. The normalized spacial score (nSPS) is 15.6. The molecule has 0 aromatic heterocycles. The maximum Gasteiger partial charge on any atom is 0.255 e. The van der Waals surface area contributed by atoms with Gasteiger partial charge in [-0.1, -0.05) is 65.3 Å². The number of fused-ring (bicyclic) bond motifs is 2. The largest absolute Gasteiger partial charge is 0.507 e. The maximum atomic E-state index is 14.4. The van der Waals surface area contributed by atoms with Crippen LogP contribution in [0.1, 0.15) is 47.7 Å². The maximum absolute atomic E-state index is 14.4. The minimum atomic E-state index is -0.336. The molecular weight excluding hydrogens is 606 g/mol. The van der Waals surface area contributed by atoms with Gasteiger partial charge in [0.2, 0.25) is 5.91 Å². The molecule has 4 aromatic carbocycles. The highest BCUT2D eigenvalue weighted by atomic mass is 79.9. The van der Waals surface area contributed by atoms with Crippen LogP contribution in [0.25, 0.3) is 10.8 Å². The Morgan fingerprint density at radius 2 is 1.88 bits per heavy atom. The van der Waals surface area contributed by atoms with Crippen LogP contribution in [0.4, 0.5) is 5.69 Å². The summed E-state index contributed by atoms with van der Waals surface area (Å²) in [7, 11) is 1.66. The Balaban J connectivity index is 1.42. The molecule has 8 heteroatoms. The van der Waals surface area contributed by atoms with Gasteiger partial charge in [0.05, 0.1) is 19.2 Å². The van der Waals surface area contributed by atoms with E-state index in [0.29, 0.717) is 25.9 Å². The molecule has 1 unspecified atom stereocenters. The number of methoxy groups -OCH3 is 1. The lowest BCUT2D eigenvalue weighted by atomic mass is 9.93. The summed E-state index contributed by atoms with van der Waals surface area (Å²) >= 11 is 3.58. The lowest BCUT2D eigenvalue weighted by Crippen LogP contribution is -2.45. The van der Waals surface area contributed by atoms with Gasteiger partial charge in [0.15, 0.2) is 0 Å². The number of aryl methyl sites for hydroxylation is 1. The van der Waals surface area contributed by atoms with Gasteiger partial charge in [-0.2, -0.15) is 0 Å². The van der Waals surface area contributed by atoms with E-state index in [0.717, 1.165) is 57.2 Å². The predicted octanol–water partition coefficient (Wildman–Crippen LogP) is 6.60. The van der Waals surface area contributed by atoms with Crippen LogP contribution in [-0.2, 0) is 17.8 Å². The van der Waals surface area contributed by atoms with E-state index in [9.17, 15) is 14.7 Å². The van der Waals surface area contributed by atoms with Crippen LogP contribution in [-0.4, -0.2) is 43.2 Å². The van der Waals surface area contributed by atoms with Crippen LogP contribution in [0, 0.1) is 5.92 Å². The highest BCUT2D eigenvalue weighted by Crippen LogP contribution is 2.36. The van der Waals surface area contributed by atoms with Crippen molar-refractivity contribution in [1.82, 2.24) is 10.6 Å². The summed E-state index contributed by atoms with van der Waals surface area (Å²) in [4.78, 5) is 29.2. The van der Waals surface area contributed by atoms with Crippen molar-refractivity contribution in [2.24, 2.45) is 5.92 Å². The van der Waals surface area contributed by atoms with Crippen LogP contribution in [0.15, 0.2) is 83.3 Å². The van der Waals surface area contributed by atoms with Gasteiger partial charge in [0.25, 0.3) is 5.91 Å². The van der Waals surface area contributed by atoms with Gasteiger partial charge in [-0.3, -0.25) is 9.59 Å². The number of amides is 2. The molecule has 0 fully saturated rings. The number of nitrogens with one attached hydrogen (secondary N) is 2. The van der Waals surface area contributed by atoms with Crippen molar-refractivity contribution < 1.29 is 19.4 Å². The zero-order valence-corrected chi connectivity index (χ0v) is 26.2. The quantitative estimate of drug-likeness (QED) is 0.171. The molecule has 0 aliphatic carbocycles. The molecule has 1 heterocycles. The lowest BCUT2D eigenvalue weighted by Gasteiger charge is -2.29. The number of carbonyl (C=O) groups excluding carboxylic acids is 2. The van der Waals surface area contributed by atoms with E-state index in [2.05, 4.69) is 51.7 Å². The van der Waals surface area contributed by atoms with Crippen LogP contribution in [0.2, 0.25) is 0 Å². The van der Waals surface area contributed by atoms with Crippen LogP contribution < -0.4 is 20.3 Å². The summed E-state index contributed by atoms with van der Waals surface area (Å²) in [5.74, 6) is 0.171. The highest BCUT2D eigenvalue weighted by molar-refractivity contribution is 9.10.